The Labute approximate surface area is 107 Å². The Morgan fingerprint density at radius 3 is 2.89 bits per heavy atom. The van der Waals surface area contributed by atoms with Crippen LogP contribution in [0.4, 0.5) is 5.82 Å². The Kier molecular flexibility index (Phi) is 3.71. The van der Waals surface area contributed by atoms with Crippen LogP contribution in [-0.2, 0) is 6.54 Å². The number of hydrogen-bond donors (Lipinski definition) is 2. The van der Waals surface area contributed by atoms with Crippen LogP contribution in [-0.4, -0.2) is 21.6 Å². The number of nitrogens with two attached hydrogens (primary N) is 1. The number of nitrogens with one attached hydrogen (secondary N) is 1. The molecule has 5 heteroatoms. The lowest BCUT2D eigenvalue weighted by Gasteiger charge is -2.29. The van der Waals surface area contributed by atoms with E-state index < -0.39 is 0 Å². The fourth-order valence-corrected chi connectivity index (χ4v) is 2.26. The molecule has 0 amide bonds. The van der Waals surface area contributed by atoms with Crippen LogP contribution >= 0.6 is 0 Å². The van der Waals surface area contributed by atoms with E-state index >= 15 is 0 Å². The number of hydrogen-bond acceptors (Lipinski definition) is 4. The molecule has 1 aliphatic rings. The van der Waals surface area contributed by atoms with Crippen molar-refractivity contribution in [2.24, 2.45) is 11.7 Å². The molecule has 2 rings (SSSR count). The zero-order valence-electron chi connectivity index (χ0n) is 11.1. The zero-order valence-corrected chi connectivity index (χ0v) is 11.1. The van der Waals surface area contributed by atoms with Gasteiger partial charge in [0.1, 0.15) is 0 Å². The SMILES string of the molecule is CCCn1ccnc(NC(C)(CN)C2CC2)c1=O. The van der Waals surface area contributed by atoms with Gasteiger partial charge in [-0.1, -0.05) is 6.92 Å². The molecule has 1 aromatic rings. The summed E-state index contributed by atoms with van der Waals surface area (Å²) in [6, 6.07) is 0. The molecule has 0 aliphatic heterocycles. The molecule has 1 unspecified atom stereocenters. The van der Waals surface area contributed by atoms with Crippen LogP contribution in [0.25, 0.3) is 0 Å². The van der Waals surface area contributed by atoms with E-state index in [1.807, 2.05) is 6.92 Å². The monoisotopic (exact) mass is 250 g/mol. The van der Waals surface area contributed by atoms with Gasteiger partial charge in [-0.3, -0.25) is 4.79 Å². The molecule has 1 aromatic heterocycles. The van der Waals surface area contributed by atoms with Crippen LogP contribution in [0.5, 0.6) is 0 Å². The first-order chi connectivity index (χ1) is 8.60. The molecule has 1 fully saturated rings. The minimum Gasteiger partial charge on any atom is -0.359 e. The second-order valence-corrected chi connectivity index (χ2v) is 5.30. The average molecular weight is 250 g/mol. The molecule has 0 radical (unpaired) electrons. The zero-order chi connectivity index (χ0) is 13.2. The predicted molar refractivity (Wildman–Crippen MR) is 72.6 cm³/mol. The van der Waals surface area contributed by atoms with E-state index in [4.69, 9.17) is 5.73 Å². The number of rotatable bonds is 6. The first-order valence-electron chi connectivity index (χ1n) is 6.64. The van der Waals surface area contributed by atoms with Crippen molar-refractivity contribution in [1.29, 1.82) is 0 Å². The lowest BCUT2D eigenvalue weighted by Crippen LogP contribution is -2.46. The van der Waals surface area contributed by atoms with Gasteiger partial charge in [0.15, 0.2) is 5.82 Å². The fourth-order valence-electron chi connectivity index (χ4n) is 2.26. The third-order valence-electron chi connectivity index (χ3n) is 3.68. The van der Waals surface area contributed by atoms with Crippen molar-refractivity contribution in [3.8, 4) is 0 Å². The van der Waals surface area contributed by atoms with E-state index in [9.17, 15) is 4.79 Å². The molecule has 1 atom stereocenters. The van der Waals surface area contributed by atoms with E-state index in [1.165, 1.54) is 12.8 Å². The van der Waals surface area contributed by atoms with Crippen molar-refractivity contribution in [2.45, 2.75) is 45.2 Å². The summed E-state index contributed by atoms with van der Waals surface area (Å²) in [5.41, 5.74) is 5.58. The summed E-state index contributed by atoms with van der Waals surface area (Å²) in [7, 11) is 0. The second-order valence-electron chi connectivity index (χ2n) is 5.30. The van der Waals surface area contributed by atoms with E-state index in [-0.39, 0.29) is 11.1 Å². The molecule has 1 aliphatic carbocycles. The Morgan fingerprint density at radius 2 is 2.33 bits per heavy atom. The van der Waals surface area contributed by atoms with Crippen molar-refractivity contribution >= 4 is 5.82 Å². The van der Waals surface area contributed by atoms with Crippen molar-refractivity contribution in [1.82, 2.24) is 9.55 Å². The molecule has 0 saturated heterocycles. The predicted octanol–water partition coefficient (Wildman–Crippen LogP) is 1.19. The van der Waals surface area contributed by atoms with Gasteiger partial charge in [-0.25, -0.2) is 4.98 Å². The summed E-state index contributed by atoms with van der Waals surface area (Å²) in [6.45, 7) is 5.36. The third-order valence-corrected chi connectivity index (χ3v) is 3.68. The molecule has 0 aromatic carbocycles. The van der Waals surface area contributed by atoms with Gasteiger partial charge in [0.05, 0.1) is 5.54 Å². The second kappa shape index (κ2) is 5.10. The van der Waals surface area contributed by atoms with Crippen LogP contribution < -0.4 is 16.6 Å². The first-order valence-corrected chi connectivity index (χ1v) is 6.64. The number of anilines is 1. The van der Waals surface area contributed by atoms with Gasteiger partial charge in [-0.05, 0) is 32.1 Å². The Morgan fingerprint density at radius 1 is 1.61 bits per heavy atom. The number of aromatic nitrogens is 2. The van der Waals surface area contributed by atoms with Crippen molar-refractivity contribution in [2.75, 3.05) is 11.9 Å². The Balaban J connectivity index is 2.23. The standard InChI is InChI=1S/C13H22N4O/c1-3-7-17-8-6-15-11(12(17)18)16-13(2,9-14)10-4-5-10/h6,8,10H,3-5,7,9,14H2,1-2H3,(H,15,16). The first kappa shape index (κ1) is 13.1. The van der Waals surface area contributed by atoms with Gasteiger partial charge >= 0.3 is 0 Å². The van der Waals surface area contributed by atoms with Crippen LogP contribution in [0.15, 0.2) is 17.2 Å². The minimum absolute atomic E-state index is 0.0559. The summed E-state index contributed by atoms with van der Waals surface area (Å²) in [6.07, 6.45) is 6.69. The van der Waals surface area contributed by atoms with E-state index in [0.29, 0.717) is 18.3 Å². The van der Waals surface area contributed by atoms with E-state index in [2.05, 4.69) is 17.2 Å². The Hall–Kier alpha value is -1.36. The molecule has 1 saturated carbocycles. The largest absolute Gasteiger partial charge is 0.359 e. The van der Waals surface area contributed by atoms with Gasteiger partial charge in [0, 0.05) is 25.5 Å². The van der Waals surface area contributed by atoms with E-state index in [0.717, 1.165) is 13.0 Å². The molecule has 100 valence electrons. The van der Waals surface area contributed by atoms with Crippen molar-refractivity contribution < 1.29 is 0 Å². The highest BCUT2D eigenvalue weighted by atomic mass is 16.1. The normalized spacial score (nSPS) is 18.4. The van der Waals surface area contributed by atoms with Gasteiger partial charge in [0.25, 0.3) is 5.56 Å². The maximum Gasteiger partial charge on any atom is 0.293 e. The summed E-state index contributed by atoms with van der Waals surface area (Å²) >= 11 is 0. The van der Waals surface area contributed by atoms with Gasteiger partial charge in [-0.15, -0.1) is 0 Å². The molecule has 3 N–H and O–H groups in total. The minimum atomic E-state index is -0.211. The molecular formula is C13H22N4O. The molecule has 0 spiro atoms. The smallest absolute Gasteiger partial charge is 0.293 e. The maximum atomic E-state index is 12.2. The summed E-state index contributed by atoms with van der Waals surface area (Å²) in [4.78, 5) is 16.4. The quantitative estimate of drug-likeness (QED) is 0.795. The van der Waals surface area contributed by atoms with Crippen LogP contribution in [0.3, 0.4) is 0 Å². The highest BCUT2D eigenvalue weighted by Gasteiger charge is 2.41. The molecular weight excluding hydrogens is 228 g/mol. The average Bonchev–Trinajstić information content (AvgIpc) is 3.19. The lowest BCUT2D eigenvalue weighted by molar-refractivity contribution is 0.456. The fraction of sp³-hybridized carbons (Fsp3) is 0.692. The Bertz CT molecular complexity index is 466. The summed E-state index contributed by atoms with van der Waals surface area (Å²) < 4.78 is 1.69. The lowest BCUT2D eigenvalue weighted by atomic mass is 9.96. The molecule has 1 heterocycles. The number of aryl methyl sites for hydroxylation is 1. The number of nitrogens with zero attached hydrogens (tertiary/aromatic N) is 2. The summed E-state index contributed by atoms with van der Waals surface area (Å²) in [5, 5.41) is 3.26. The van der Waals surface area contributed by atoms with Crippen LogP contribution in [0, 0.1) is 5.92 Å². The van der Waals surface area contributed by atoms with Gasteiger partial charge in [-0.2, -0.15) is 0 Å². The molecule has 18 heavy (non-hydrogen) atoms. The van der Waals surface area contributed by atoms with Crippen molar-refractivity contribution in [3.63, 3.8) is 0 Å². The third kappa shape index (κ3) is 2.56. The molecule has 0 bridgehead atoms. The van der Waals surface area contributed by atoms with Crippen molar-refractivity contribution in [3.05, 3.63) is 22.7 Å². The highest BCUT2D eigenvalue weighted by molar-refractivity contribution is 5.36. The van der Waals surface area contributed by atoms with Gasteiger partial charge < -0.3 is 15.6 Å². The van der Waals surface area contributed by atoms with Gasteiger partial charge in [0.2, 0.25) is 0 Å². The maximum absolute atomic E-state index is 12.2. The topological polar surface area (TPSA) is 72.9 Å². The van der Waals surface area contributed by atoms with E-state index in [1.54, 1.807) is 17.0 Å². The molecule has 5 nitrogen and oxygen atoms in total. The highest BCUT2D eigenvalue weighted by Crippen LogP contribution is 2.40. The van der Waals surface area contributed by atoms with Crippen LogP contribution in [0.2, 0.25) is 0 Å². The van der Waals surface area contributed by atoms with Crippen LogP contribution in [0.1, 0.15) is 33.1 Å². The summed E-state index contributed by atoms with van der Waals surface area (Å²) in [5.74, 6) is 0.981.